The van der Waals surface area contributed by atoms with Crippen LogP contribution in [0.1, 0.15) is 112 Å². The molecule has 0 spiro atoms. The van der Waals surface area contributed by atoms with Gasteiger partial charge in [0.2, 0.25) is 5.91 Å². The number of amides is 1. The maximum absolute atomic E-state index is 12.9. The molecular weight excluding hydrogens is 322 g/mol. The van der Waals surface area contributed by atoms with Gasteiger partial charge in [0.05, 0.1) is 6.42 Å². The van der Waals surface area contributed by atoms with Crippen molar-refractivity contribution in [2.24, 2.45) is 11.8 Å². The van der Waals surface area contributed by atoms with Crippen LogP contribution in [0.4, 0.5) is 0 Å². The molecule has 0 aromatic carbocycles. The molecule has 0 heterocycles. The van der Waals surface area contributed by atoms with Gasteiger partial charge in [0.25, 0.3) is 0 Å². The summed E-state index contributed by atoms with van der Waals surface area (Å²) >= 11 is 0. The van der Waals surface area contributed by atoms with Crippen molar-refractivity contribution in [3.63, 3.8) is 0 Å². The molecule has 0 aromatic heterocycles. The Morgan fingerprint density at radius 2 is 1.19 bits per heavy atom. The number of rotatable bonds is 17. The highest BCUT2D eigenvalue weighted by Crippen LogP contribution is 2.20. The second kappa shape index (κ2) is 16.3. The number of hydrogen-bond donors (Lipinski definition) is 0. The molecule has 0 aromatic rings. The molecule has 2 unspecified atom stereocenters. The Bertz CT molecular complexity index is 349. The Morgan fingerprint density at radius 1 is 0.731 bits per heavy atom. The maximum Gasteiger partial charge on any atom is 0.230 e. The second-order valence-electron chi connectivity index (χ2n) is 7.95. The van der Waals surface area contributed by atoms with Crippen molar-refractivity contribution in [1.29, 1.82) is 0 Å². The van der Waals surface area contributed by atoms with Gasteiger partial charge in [0.1, 0.15) is 5.78 Å². The van der Waals surface area contributed by atoms with Crippen LogP contribution in [0.25, 0.3) is 0 Å². The van der Waals surface area contributed by atoms with E-state index in [0.717, 1.165) is 38.8 Å². The van der Waals surface area contributed by atoms with E-state index < -0.39 is 0 Å². The summed E-state index contributed by atoms with van der Waals surface area (Å²) in [6, 6.07) is 0. The molecule has 0 aliphatic rings. The zero-order valence-corrected chi connectivity index (χ0v) is 18.3. The average Bonchev–Trinajstić information content (AvgIpc) is 2.64. The van der Waals surface area contributed by atoms with Crippen molar-refractivity contribution >= 4 is 11.7 Å². The predicted molar refractivity (Wildman–Crippen MR) is 112 cm³/mol. The van der Waals surface area contributed by atoms with Crippen molar-refractivity contribution in [3.8, 4) is 0 Å². The number of ketones is 1. The van der Waals surface area contributed by atoms with Crippen LogP contribution in [0.5, 0.6) is 0 Å². The van der Waals surface area contributed by atoms with E-state index in [1.807, 2.05) is 4.90 Å². The first kappa shape index (κ1) is 25.1. The summed E-state index contributed by atoms with van der Waals surface area (Å²) in [5, 5.41) is 0. The molecule has 0 fully saturated rings. The van der Waals surface area contributed by atoms with Crippen molar-refractivity contribution < 1.29 is 9.59 Å². The van der Waals surface area contributed by atoms with Crippen LogP contribution < -0.4 is 0 Å². The molecule has 26 heavy (non-hydrogen) atoms. The first-order valence-electron chi connectivity index (χ1n) is 11.3. The van der Waals surface area contributed by atoms with E-state index in [9.17, 15) is 9.59 Å². The predicted octanol–water partition coefficient (Wildman–Crippen LogP) is 6.40. The van der Waals surface area contributed by atoms with Crippen molar-refractivity contribution in [3.05, 3.63) is 0 Å². The molecule has 0 bridgehead atoms. The number of carbonyl (C=O) groups is 2. The second-order valence-corrected chi connectivity index (χ2v) is 7.95. The standard InChI is InChI=1S/C23H45NO2/c1-6-11-14-20(9-4)18-24(19-21(10-5)15-12-7-2)23(26)17-22(25)16-13-8-3/h20-21H,6-19H2,1-5H3. The van der Waals surface area contributed by atoms with Gasteiger partial charge >= 0.3 is 0 Å². The Hall–Kier alpha value is -0.860. The van der Waals surface area contributed by atoms with Crippen LogP contribution in [0.2, 0.25) is 0 Å². The van der Waals surface area contributed by atoms with Gasteiger partial charge in [-0.2, -0.15) is 0 Å². The third kappa shape index (κ3) is 11.7. The smallest absolute Gasteiger partial charge is 0.230 e. The highest BCUT2D eigenvalue weighted by atomic mass is 16.2. The summed E-state index contributed by atoms with van der Waals surface area (Å²) in [6.07, 6.45) is 12.0. The summed E-state index contributed by atoms with van der Waals surface area (Å²) in [7, 11) is 0. The van der Waals surface area contributed by atoms with Gasteiger partial charge in [-0.3, -0.25) is 9.59 Å². The van der Waals surface area contributed by atoms with Crippen molar-refractivity contribution in [2.75, 3.05) is 13.1 Å². The van der Waals surface area contributed by atoms with Gasteiger partial charge in [-0.05, 0) is 31.1 Å². The van der Waals surface area contributed by atoms with E-state index in [-0.39, 0.29) is 18.1 Å². The van der Waals surface area contributed by atoms with Crippen LogP contribution >= 0.6 is 0 Å². The summed E-state index contributed by atoms with van der Waals surface area (Å²) in [6.45, 7) is 12.6. The highest BCUT2D eigenvalue weighted by Gasteiger charge is 2.22. The van der Waals surface area contributed by atoms with Gasteiger partial charge < -0.3 is 4.90 Å². The Balaban J connectivity index is 4.93. The molecule has 3 heteroatoms. The Kier molecular flexibility index (Phi) is 15.8. The van der Waals surface area contributed by atoms with Gasteiger partial charge in [-0.25, -0.2) is 0 Å². The van der Waals surface area contributed by atoms with Crippen molar-refractivity contribution in [1.82, 2.24) is 4.90 Å². The zero-order valence-electron chi connectivity index (χ0n) is 18.3. The summed E-state index contributed by atoms with van der Waals surface area (Å²) in [5.74, 6) is 1.31. The van der Waals surface area contributed by atoms with Gasteiger partial charge in [-0.1, -0.05) is 79.6 Å². The minimum absolute atomic E-state index is 0.0657. The summed E-state index contributed by atoms with van der Waals surface area (Å²) < 4.78 is 0. The first-order chi connectivity index (χ1) is 12.5. The average molecular weight is 368 g/mol. The number of nitrogens with zero attached hydrogens (tertiary/aromatic N) is 1. The third-order valence-electron chi connectivity index (χ3n) is 5.55. The van der Waals surface area contributed by atoms with E-state index >= 15 is 0 Å². The van der Waals surface area contributed by atoms with E-state index in [1.165, 1.54) is 38.5 Å². The van der Waals surface area contributed by atoms with Crippen LogP contribution in [0.15, 0.2) is 0 Å². The lowest BCUT2D eigenvalue weighted by molar-refractivity contribution is -0.136. The van der Waals surface area contributed by atoms with E-state index in [4.69, 9.17) is 0 Å². The molecule has 0 rings (SSSR count). The molecule has 0 saturated carbocycles. The SMILES string of the molecule is CCCCC(=O)CC(=O)N(CC(CC)CCCC)CC(CC)CCCC. The lowest BCUT2D eigenvalue weighted by Gasteiger charge is -2.30. The Labute approximate surface area is 163 Å². The molecular formula is C23H45NO2. The molecule has 1 amide bonds. The number of hydrogen-bond acceptors (Lipinski definition) is 2. The first-order valence-corrected chi connectivity index (χ1v) is 11.3. The molecule has 0 aliphatic carbocycles. The van der Waals surface area contributed by atoms with Crippen molar-refractivity contribution in [2.45, 2.75) is 112 Å². The summed E-state index contributed by atoms with van der Waals surface area (Å²) in [5.41, 5.74) is 0. The molecule has 0 saturated heterocycles. The lowest BCUT2D eigenvalue weighted by atomic mass is 9.95. The maximum atomic E-state index is 12.9. The highest BCUT2D eigenvalue weighted by molar-refractivity contribution is 5.98. The van der Waals surface area contributed by atoms with Crippen LogP contribution in [0.3, 0.4) is 0 Å². The van der Waals surface area contributed by atoms with Crippen LogP contribution in [0, 0.1) is 11.8 Å². The molecule has 0 aliphatic heterocycles. The minimum Gasteiger partial charge on any atom is -0.342 e. The third-order valence-corrected chi connectivity index (χ3v) is 5.55. The largest absolute Gasteiger partial charge is 0.342 e. The topological polar surface area (TPSA) is 37.4 Å². The minimum atomic E-state index is 0.0657. The zero-order chi connectivity index (χ0) is 19.8. The fraction of sp³-hybridized carbons (Fsp3) is 0.913. The fourth-order valence-electron chi connectivity index (χ4n) is 3.48. The van der Waals surface area contributed by atoms with E-state index in [0.29, 0.717) is 18.3 Å². The van der Waals surface area contributed by atoms with Crippen LogP contribution in [-0.2, 0) is 9.59 Å². The van der Waals surface area contributed by atoms with Gasteiger partial charge in [-0.15, -0.1) is 0 Å². The quantitative estimate of drug-likeness (QED) is 0.279. The number of Topliss-reactive ketones (excluding diaryl/α,β-unsaturated/α-hetero) is 1. The molecule has 3 nitrogen and oxygen atoms in total. The fourth-order valence-corrected chi connectivity index (χ4v) is 3.48. The van der Waals surface area contributed by atoms with E-state index in [2.05, 4.69) is 34.6 Å². The Morgan fingerprint density at radius 3 is 1.58 bits per heavy atom. The molecule has 154 valence electrons. The number of carbonyl (C=O) groups excluding carboxylic acids is 2. The van der Waals surface area contributed by atoms with Gasteiger partial charge in [0, 0.05) is 19.5 Å². The molecule has 0 N–H and O–H groups in total. The summed E-state index contributed by atoms with van der Waals surface area (Å²) in [4.78, 5) is 27.0. The number of unbranched alkanes of at least 4 members (excludes halogenated alkanes) is 3. The normalized spacial score (nSPS) is 13.4. The van der Waals surface area contributed by atoms with Gasteiger partial charge in [0.15, 0.2) is 0 Å². The van der Waals surface area contributed by atoms with E-state index in [1.54, 1.807) is 0 Å². The lowest BCUT2D eigenvalue weighted by Crippen LogP contribution is -2.39. The monoisotopic (exact) mass is 367 g/mol. The molecule has 0 radical (unpaired) electrons. The van der Waals surface area contributed by atoms with Crippen LogP contribution in [-0.4, -0.2) is 29.7 Å². The molecule has 2 atom stereocenters.